The lowest BCUT2D eigenvalue weighted by molar-refractivity contribution is 0.0901. The zero-order valence-corrected chi connectivity index (χ0v) is 9.59. The molecule has 0 unspecified atom stereocenters. The summed E-state index contributed by atoms with van der Waals surface area (Å²) in [5.41, 5.74) is 8.36. The minimum atomic E-state index is -0.577. The Kier molecular flexibility index (Phi) is 3.34. The second-order valence-electron chi connectivity index (χ2n) is 3.80. The van der Waals surface area contributed by atoms with E-state index in [2.05, 4.69) is 10.0 Å². The molecule has 1 atom stereocenters. The van der Waals surface area contributed by atoms with Gasteiger partial charge in [-0.25, -0.2) is 4.39 Å². The maximum Gasteiger partial charge on any atom is 0.172 e. The number of azide groups is 1. The number of hydrogen-bond acceptors (Lipinski definition) is 4. The van der Waals surface area contributed by atoms with Crippen LogP contribution in [-0.4, -0.2) is 25.0 Å². The summed E-state index contributed by atoms with van der Waals surface area (Å²) in [6, 6.07) is 2.25. The minimum absolute atomic E-state index is 0.0852. The third kappa shape index (κ3) is 2.36. The van der Waals surface area contributed by atoms with Crippen molar-refractivity contribution < 1.29 is 18.7 Å². The topological polar surface area (TPSA) is 84.3 Å². The van der Waals surface area contributed by atoms with Crippen LogP contribution in [0.25, 0.3) is 10.4 Å². The molecule has 7 heteroatoms. The Morgan fingerprint density at radius 3 is 3.11 bits per heavy atom. The van der Waals surface area contributed by atoms with E-state index in [1.165, 1.54) is 6.92 Å². The van der Waals surface area contributed by atoms with Gasteiger partial charge >= 0.3 is 0 Å². The van der Waals surface area contributed by atoms with Gasteiger partial charge in [0.1, 0.15) is 18.5 Å². The van der Waals surface area contributed by atoms with Crippen LogP contribution in [0.15, 0.2) is 17.2 Å². The summed E-state index contributed by atoms with van der Waals surface area (Å²) in [6.45, 7) is 1.56. The van der Waals surface area contributed by atoms with Crippen molar-refractivity contribution in [2.24, 2.45) is 5.11 Å². The first-order chi connectivity index (χ1) is 8.61. The quantitative estimate of drug-likeness (QED) is 0.358. The highest BCUT2D eigenvalue weighted by atomic mass is 19.1. The van der Waals surface area contributed by atoms with Crippen molar-refractivity contribution in [3.63, 3.8) is 0 Å². The predicted octanol–water partition coefficient (Wildman–Crippen LogP) is 2.48. The van der Waals surface area contributed by atoms with Crippen LogP contribution < -0.4 is 9.47 Å². The van der Waals surface area contributed by atoms with Crippen molar-refractivity contribution in [2.45, 2.75) is 13.0 Å². The van der Waals surface area contributed by atoms with E-state index in [0.29, 0.717) is 0 Å². The molecule has 1 aromatic carbocycles. The molecular weight excluding hydrogens is 241 g/mol. The summed E-state index contributed by atoms with van der Waals surface area (Å²) in [4.78, 5) is 14.0. The lowest BCUT2D eigenvalue weighted by Crippen LogP contribution is -2.32. The van der Waals surface area contributed by atoms with Crippen LogP contribution in [0.1, 0.15) is 17.3 Å². The molecule has 0 radical (unpaired) electrons. The molecule has 0 saturated heterocycles. The second-order valence-corrected chi connectivity index (χ2v) is 3.80. The largest absolute Gasteiger partial charge is 0.485 e. The molecule has 0 bridgehead atoms. The minimum Gasteiger partial charge on any atom is -0.485 e. The molecule has 0 saturated carbocycles. The molecule has 0 aromatic heterocycles. The molecule has 2 rings (SSSR count). The van der Waals surface area contributed by atoms with E-state index in [4.69, 9.17) is 15.0 Å². The fraction of sp³-hybridized carbons (Fsp3) is 0.364. The summed E-state index contributed by atoms with van der Waals surface area (Å²) >= 11 is 0. The molecular formula is C11H10FN3O3. The number of ketones is 1. The Morgan fingerprint density at radius 1 is 1.67 bits per heavy atom. The van der Waals surface area contributed by atoms with Gasteiger partial charge < -0.3 is 9.47 Å². The van der Waals surface area contributed by atoms with Crippen molar-refractivity contribution in [1.29, 1.82) is 0 Å². The lowest BCUT2D eigenvalue weighted by Gasteiger charge is -2.26. The summed E-state index contributed by atoms with van der Waals surface area (Å²) in [5, 5.41) is 3.36. The number of nitrogens with zero attached hydrogens (tertiary/aromatic N) is 3. The molecule has 0 aliphatic carbocycles. The monoisotopic (exact) mass is 251 g/mol. The Morgan fingerprint density at radius 2 is 2.44 bits per heavy atom. The number of carbonyl (C=O) groups excluding carboxylic acids is 1. The van der Waals surface area contributed by atoms with Gasteiger partial charge in [0.05, 0.1) is 12.1 Å². The molecule has 94 valence electrons. The van der Waals surface area contributed by atoms with Crippen LogP contribution in [0, 0.1) is 5.82 Å². The van der Waals surface area contributed by atoms with E-state index < -0.39 is 11.9 Å². The molecule has 0 spiro atoms. The highest BCUT2D eigenvalue weighted by Crippen LogP contribution is 2.36. The van der Waals surface area contributed by atoms with E-state index in [0.717, 1.165) is 12.1 Å². The SMILES string of the molecule is CC(=O)c1cc(F)cc2c1OC[C@H](CN=[N+]=[N-])O2. The van der Waals surface area contributed by atoms with Gasteiger partial charge in [0.2, 0.25) is 0 Å². The first-order valence-electron chi connectivity index (χ1n) is 5.26. The standard InChI is InChI=1S/C11H10FN3O3/c1-6(16)9-2-7(12)3-10-11(9)17-5-8(18-10)4-14-15-13/h2-3,8H,4-5H2,1H3/t8-/m0/s1. The molecule has 1 aromatic rings. The third-order valence-electron chi connectivity index (χ3n) is 2.45. The average Bonchev–Trinajstić information content (AvgIpc) is 2.34. The van der Waals surface area contributed by atoms with E-state index in [-0.39, 0.29) is 36.0 Å². The summed E-state index contributed by atoms with van der Waals surface area (Å²) in [5.74, 6) is -0.486. The van der Waals surface area contributed by atoms with Crippen molar-refractivity contribution >= 4 is 5.78 Å². The fourth-order valence-electron chi connectivity index (χ4n) is 1.67. The van der Waals surface area contributed by atoms with Gasteiger partial charge in [-0.3, -0.25) is 4.79 Å². The van der Waals surface area contributed by atoms with Gasteiger partial charge in [-0.2, -0.15) is 0 Å². The number of Topliss-reactive ketones (excluding diaryl/α,β-unsaturated/α-hetero) is 1. The van der Waals surface area contributed by atoms with E-state index in [9.17, 15) is 9.18 Å². The normalized spacial score (nSPS) is 16.9. The van der Waals surface area contributed by atoms with E-state index >= 15 is 0 Å². The van der Waals surface area contributed by atoms with Gasteiger partial charge in [-0.15, -0.1) is 0 Å². The number of rotatable bonds is 3. The Labute approximate surface area is 102 Å². The molecule has 6 nitrogen and oxygen atoms in total. The van der Waals surface area contributed by atoms with Crippen LogP contribution in [0.4, 0.5) is 4.39 Å². The Bertz CT molecular complexity index is 541. The van der Waals surface area contributed by atoms with Crippen LogP contribution in [0.3, 0.4) is 0 Å². The second kappa shape index (κ2) is 4.93. The maximum absolute atomic E-state index is 13.3. The zero-order valence-electron chi connectivity index (χ0n) is 9.59. The van der Waals surface area contributed by atoms with Crippen molar-refractivity contribution in [3.8, 4) is 11.5 Å². The number of carbonyl (C=O) groups is 1. The number of halogens is 1. The maximum atomic E-state index is 13.3. The van der Waals surface area contributed by atoms with Crippen molar-refractivity contribution in [3.05, 3.63) is 34.0 Å². The van der Waals surface area contributed by atoms with Crippen LogP contribution in [0.5, 0.6) is 11.5 Å². The Hall–Kier alpha value is -2.27. The van der Waals surface area contributed by atoms with Gasteiger partial charge in [0.25, 0.3) is 0 Å². The van der Waals surface area contributed by atoms with E-state index in [1.54, 1.807) is 0 Å². The van der Waals surface area contributed by atoms with Crippen LogP contribution in [0.2, 0.25) is 0 Å². The number of benzene rings is 1. The van der Waals surface area contributed by atoms with Gasteiger partial charge in [-0.05, 0) is 18.5 Å². The predicted molar refractivity (Wildman–Crippen MR) is 60.3 cm³/mol. The molecule has 1 heterocycles. The van der Waals surface area contributed by atoms with Gasteiger partial charge in [0.15, 0.2) is 17.3 Å². The summed E-state index contributed by atoms with van der Waals surface area (Å²) in [6.07, 6.45) is -0.477. The van der Waals surface area contributed by atoms with Crippen LogP contribution in [-0.2, 0) is 0 Å². The Balaban J connectivity index is 2.32. The molecule has 0 amide bonds. The lowest BCUT2D eigenvalue weighted by atomic mass is 10.1. The van der Waals surface area contributed by atoms with Crippen molar-refractivity contribution in [2.75, 3.05) is 13.2 Å². The number of hydrogen-bond donors (Lipinski definition) is 0. The fourth-order valence-corrected chi connectivity index (χ4v) is 1.67. The molecule has 18 heavy (non-hydrogen) atoms. The third-order valence-corrected chi connectivity index (χ3v) is 2.45. The molecule has 0 N–H and O–H groups in total. The highest BCUT2D eigenvalue weighted by molar-refractivity contribution is 5.97. The first-order valence-corrected chi connectivity index (χ1v) is 5.26. The number of fused-ring (bicyclic) bond motifs is 1. The first kappa shape index (κ1) is 12.2. The smallest absolute Gasteiger partial charge is 0.172 e. The summed E-state index contributed by atoms with van der Waals surface area (Å²) < 4.78 is 24.1. The molecule has 1 aliphatic heterocycles. The van der Waals surface area contributed by atoms with Crippen LogP contribution >= 0.6 is 0 Å². The molecule has 0 fully saturated rings. The molecule has 1 aliphatic rings. The van der Waals surface area contributed by atoms with E-state index in [1.807, 2.05) is 0 Å². The zero-order chi connectivity index (χ0) is 13.1. The highest BCUT2D eigenvalue weighted by Gasteiger charge is 2.25. The summed E-state index contributed by atoms with van der Waals surface area (Å²) in [7, 11) is 0. The van der Waals surface area contributed by atoms with Crippen molar-refractivity contribution in [1.82, 2.24) is 0 Å². The van der Waals surface area contributed by atoms with Gasteiger partial charge in [0, 0.05) is 11.0 Å². The average molecular weight is 251 g/mol. The number of ether oxygens (including phenoxy) is 2. The van der Waals surface area contributed by atoms with Gasteiger partial charge in [-0.1, -0.05) is 5.11 Å².